The largest absolute Gasteiger partial charge is 0.391 e. The number of hydrogen-bond donors (Lipinski definition) is 3. The molecule has 0 aromatic carbocycles. The van der Waals surface area contributed by atoms with Gasteiger partial charge < -0.3 is 15.7 Å². The van der Waals surface area contributed by atoms with E-state index in [0.717, 1.165) is 43.0 Å². The first-order valence-electron chi connectivity index (χ1n) is 7.59. The zero-order valence-corrected chi connectivity index (χ0v) is 13.1. The molecule has 0 radical (unpaired) electrons. The molecule has 0 aliphatic carbocycles. The lowest BCUT2D eigenvalue weighted by Gasteiger charge is -2.18. The van der Waals surface area contributed by atoms with Crippen molar-refractivity contribution in [2.75, 3.05) is 23.7 Å². The summed E-state index contributed by atoms with van der Waals surface area (Å²) in [4.78, 5) is 8.66. The maximum Gasteiger partial charge on any atom is 0.134 e. The van der Waals surface area contributed by atoms with Crippen LogP contribution in [0.2, 0.25) is 0 Å². The SMILES string of the molecule is CCCNc1ncnc(NCC(O)C(C)C)c1CCC. The molecule has 3 N–H and O–H groups in total. The molecular formula is C15H28N4O. The van der Waals surface area contributed by atoms with E-state index in [1.165, 1.54) is 0 Å². The van der Waals surface area contributed by atoms with Gasteiger partial charge in [0.25, 0.3) is 0 Å². The molecule has 1 aromatic rings. The molecule has 0 aliphatic heterocycles. The maximum atomic E-state index is 9.90. The van der Waals surface area contributed by atoms with Gasteiger partial charge in [-0.2, -0.15) is 0 Å². The molecule has 0 saturated heterocycles. The molecular weight excluding hydrogens is 252 g/mol. The van der Waals surface area contributed by atoms with E-state index in [0.29, 0.717) is 6.54 Å². The summed E-state index contributed by atoms with van der Waals surface area (Å²) in [6, 6.07) is 0. The van der Waals surface area contributed by atoms with Gasteiger partial charge in [0.15, 0.2) is 0 Å². The molecule has 0 aliphatic rings. The second kappa shape index (κ2) is 8.74. The predicted octanol–water partition coefficient (Wildman–Crippen LogP) is 2.68. The van der Waals surface area contributed by atoms with E-state index in [-0.39, 0.29) is 12.0 Å². The maximum absolute atomic E-state index is 9.90. The van der Waals surface area contributed by atoms with E-state index in [2.05, 4.69) is 34.4 Å². The van der Waals surface area contributed by atoms with Crippen LogP contribution in [0.3, 0.4) is 0 Å². The molecule has 0 spiro atoms. The fourth-order valence-corrected chi connectivity index (χ4v) is 1.88. The molecule has 0 amide bonds. The quantitative estimate of drug-likeness (QED) is 0.649. The van der Waals surface area contributed by atoms with E-state index in [4.69, 9.17) is 0 Å². The van der Waals surface area contributed by atoms with Crippen LogP contribution in [0.5, 0.6) is 0 Å². The van der Waals surface area contributed by atoms with Gasteiger partial charge in [-0.05, 0) is 18.8 Å². The highest BCUT2D eigenvalue weighted by Gasteiger charge is 2.13. The van der Waals surface area contributed by atoms with E-state index in [9.17, 15) is 5.11 Å². The Morgan fingerprint density at radius 3 is 2.30 bits per heavy atom. The van der Waals surface area contributed by atoms with Crippen LogP contribution >= 0.6 is 0 Å². The summed E-state index contributed by atoms with van der Waals surface area (Å²) in [5, 5.41) is 16.5. The Labute approximate surface area is 122 Å². The number of aliphatic hydroxyl groups excluding tert-OH is 1. The van der Waals surface area contributed by atoms with Gasteiger partial charge in [0.2, 0.25) is 0 Å². The third kappa shape index (κ3) is 4.96. The van der Waals surface area contributed by atoms with Gasteiger partial charge in [0.1, 0.15) is 18.0 Å². The van der Waals surface area contributed by atoms with Gasteiger partial charge in [-0.3, -0.25) is 0 Å². The summed E-state index contributed by atoms with van der Waals surface area (Å²) < 4.78 is 0. The Bertz CT molecular complexity index is 395. The smallest absolute Gasteiger partial charge is 0.134 e. The molecule has 1 aromatic heterocycles. The normalized spacial score (nSPS) is 12.5. The van der Waals surface area contributed by atoms with Crippen molar-refractivity contribution in [1.29, 1.82) is 0 Å². The van der Waals surface area contributed by atoms with E-state index in [1.807, 2.05) is 13.8 Å². The van der Waals surface area contributed by atoms with Gasteiger partial charge in [-0.1, -0.05) is 34.1 Å². The Morgan fingerprint density at radius 1 is 1.10 bits per heavy atom. The average molecular weight is 280 g/mol. The second-order valence-corrected chi connectivity index (χ2v) is 5.42. The highest BCUT2D eigenvalue weighted by atomic mass is 16.3. The first-order chi connectivity index (χ1) is 9.60. The third-order valence-electron chi connectivity index (χ3n) is 3.24. The lowest BCUT2D eigenvalue weighted by atomic mass is 10.1. The predicted molar refractivity (Wildman–Crippen MR) is 84.1 cm³/mol. The number of aliphatic hydroxyl groups is 1. The molecule has 5 nitrogen and oxygen atoms in total. The van der Waals surface area contributed by atoms with Crippen LogP contribution < -0.4 is 10.6 Å². The zero-order valence-electron chi connectivity index (χ0n) is 13.1. The van der Waals surface area contributed by atoms with E-state index >= 15 is 0 Å². The number of anilines is 2. The van der Waals surface area contributed by atoms with Crippen LogP contribution in [0.25, 0.3) is 0 Å². The summed E-state index contributed by atoms with van der Waals surface area (Å²) in [5.74, 6) is 1.97. The van der Waals surface area contributed by atoms with Crippen LogP contribution in [0.4, 0.5) is 11.6 Å². The standard InChI is InChI=1S/C15H28N4O/c1-5-7-12-14(16-8-6-2)18-10-19-15(12)17-9-13(20)11(3)4/h10-11,13,20H,5-9H2,1-4H3,(H2,16,17,18,19). The Hall–Kier alpha value is -1.36. The molecule has 1 heterocycles. The highest BCUT2D eigenvalue weighted by molar-refractivity contribution is 5.57. The summed E-state index contributed by atoms with van der Waals surface area (Å²) in [7, 11) is 0. The van der Waals surface area contributed by atoms with Crippen LogP contribution in [-0.2, 0) is 6.42 Å². The first kappa shape index (κ1) is 16.7. The molecule has 0 saturated carbocycles. The number of nitrogens with zero attached hydrogens (tertiary/aromatic N) is 2. The summed E-state index contributed by atoms with van der Waals surface area (Å²) in [5.41, 5.74) is 1.11. The van der Waals surface area contributed by atoms with Gasteiger partial charge in [-0.25, -0.2) is 9.97 Å². The molecule has 1 rings (SSSR count). The van der Waals surface area contributed by atoms with E-state index in [1.54, 1.807) is 6.33 Å². The fraction of sp³-hybridized carbons (Fsp3) is 0.733. The number of hydrogen-bond acceptors (Lipinski definition) is 5. The average Bonchev–Trinajstić information content (AvgIpc) is 2.44. The number of rotatable bonds is 9. The first-order valence-corrected chi connectivity index (χ1v) is 7.59. The van der Waals surface area contributed by atoms with Crippen LogP contribution in [0.15, 0.2) is 6.33 Å². The van der Waals surface area contributed by atoms with Gasteiger partial charge in [0.05, 0.1) is 6.10 Å². The molecule has 5 heteroatoms. The molecule has 20 heavy (non-hydrogen) atoms. The fourth-order valence-electron chi connectivity index (χ4n) is 1.88. The topological polar surface area (TPSA) is 70.1 Å². The zero-order chi connectivity index (χ0) is 15.0. The molecule has 114 valence electrons. The third-order valence-corrected chi connectivity index (χ3v) is 3.24. The lowest BCUT2D eigenvalue weighted by molar-refractivity contribution is 0.138. The molecule has 0 fully saturated rings. The molecule has 1 unspecified atom stereocenters. The summed E-state index contributed by atoms with van der Waals surface area (Å²) in [6.45, 7) is 9.70. The van der Waals surface area contributed by atoms with Crippen LogP contribution in [-0.4, -0.2) is 34.3 Å². The van der Waals surface area contributed by atoms with Crippen molar-refractivity contribution in [2.45, 2.75) is 53.1 Å². The lowest BCUT2D eigenvalue weighted by Crippen LogP contribution is -2.25. The van der Waals surface area contributed by atoms with Gasteiger partial charge in [-0.15, -0.1) is 0 Å². The number of aromatic nitrogens is 2. The minimum Gasteiger partial charge on any atom is -0.391 e. The van der Waals surface area contributed by atoms with Crippen molar-refractivity contribution >= 4 is 11.6 Å². The second-order valence-electron chi connectivity index (χ2n) is 5.42. The Morgan fingerprint density at radius 2 is 1.75 bits per heavy atom. The monoisotopic (exact) mass is 280 g/mol. The minimum atomic E-state index is -0.369. The minimum absolute atomic E-state index is 0.233. The van der Waals surface area contributed by atoms with Crippen molar-refractivity contribution in [3.63, 3.8) is 0 Å². The molecule has 0 bridgehead atoms. The number of nitrogens with one attached hydrogen (secondary N) is 2. The van der Waals surface area contributed by atoms with Gasteiger partial charge in [0, 0.05) is 18.7 Å². The van der Waals surface area contributed by atoms with Crippen LogP contribution in [0, 0.1) is 5.92 Å². The van der Waals surface area contributed by atoms with Crippen molar-refractivity contribution in [3.05, 3.63) is 11.9 Å². The van der Waals surface area contributed by atoms with Crippen molar-refractivity contribution in [1.82, 2.24) is 9.97 Å². The van der Waals surface area contributed by atoms with E-state index < -0.39 is 0 Å². The van der Waals surface area contributed by atoms with Crippen LogP contribution in [0.1, 0.15) is 46.1 Å². The van der Waals surface area contributed by atoms with Crippen molar-refractivity contribution < 1.29 is 5.11 Å². The summed E-state index contributed by atoms with van der Waals surface area (Å²) >= 11 is 0. The van der Waals surface area contributed by atoms with Crippen molar-refractivity contribution in [2.24, 2.45) is 5.92 Å². The van der Waals surface area contributed by atoms with Gasteiger partial charge >= 0.3 is 0 Å². The Balaban J connectivity index is 2.82. The highest BCUT2D eigenvalue weighted by Crippen LogP contribution is 2.22. The van der Waals surface area contributed by atoms with Crippen molar-refractivity contribution in [3.8, 4) is 0 Å². The Kier molecular flexibility index (Phi) is 7.30. The summed E-state index contributed by atoms with van der Waals surface area (Å²) in [6.07, 6.45) is 4.22. The molecule has 1 atom stereocenters.